The van der Waals surface area contributed by atoms with Gasteiger partial charge in [0, 0.05) is 29.7 Å². The third-order valence-electron chi connectivity index (χ3n) is 4.27. The molecular weight excluding hydrogens is 332 g/mol. The number of para-hydroxylation sites is 1. The van der Waals surface area contributed by atoms with Gasteiger partial charge < -0.3 is 4.57 Å². The zero-order valence-corrected chi connectivity index (χ0v) is 14.7. The molecule has 0 spiro atoms. The third kappa shape index (κ3) is 2.66. The second-order valence-electron chi connectivity index (χ2n) is 6.07. The smallest absolute Gasteiger partial charge is 0.298 e. The zero-order valence-electron chi connectivity index (χ0n) is 13.9. The molecule has 0 saturated carbocycles. The Hall–Kier alpha value is -2.79. The molecule has 1 aliphatic rings. The molecule has 1 fully saturated rings. The Balaban J connectivity index is 1.75. The molecule has 0 N–H and O–H groups in total. The molecule has 0 bridgehead atoms. The van der Waals surface area contributed by atoms with Crippen molar-refractivity contribution in [2.24, 2.45) is 7.05 Å². The Morgan fingerprint density at radius 3 is 2.64 bits per heavy atom. The van der Waals surface area contributed by atoms with Crippen LogP contribution in [-0.2, 0) is 11.8 Å². The van der Waals surface area contributed by atoms with Gasteiger partial charge in [0.15, 0.2) is 0 Å². The molecule has 124 valence electrons. The summed E-state index contributed by atoms with van der Waals surface area (Å²) in [5.41, 5.74) is 3.65. The molecule has 5 heteroatoms. The van der Waals surface area contributed by atoms with Crippen LogP contribution in [0.5, 0.6) is 0 Å². The number of hydrogen-bond donors (Lipinski definition) is 0. The van der Waals surface area contributed by atoms with Crippen molar-refractivity contribution in [1.29, 1.82) is 0 Å². The molecule has 2 aromatic carbocycles. The van der Waals surface area contributed by atoms with E-state index in [0.29, 0.717) is 10.6 Å². The summed E-state index contributed by atoms with van der Waals surface area (Å²) in [4.78, 5) is 26.9. The van der Waals surface area contributed by atoms with Crippen LogP contribution in [0.25, 0.3) is 17.0 Å². The van der Waals surface area contributed by atoms with Gasteiger partial charge >= 0.3 is 0 Å². The molecular formula is C20H16N2O2S. The first kappa shape index (κ1) is 15.7. The number of fused-ring (bicyclic) bond motifs is 1. The van der Waals surface area contributed by atoms with Crippen LogP contribution in [-0.4, -0.2) is 15.7 Å². The first-order chi connectivity index (χ1) is 12.0. The molecule has 0 atom stereocenters. The highest BCUT2D eigenvalue weighted by Gasteiger charge is 2.36. The van der Waals surface area contributed by atoms with Gasteiger partial charge in [-0.15, -0.1) is 0 Å². The Kier molecular flexibility index (Phi) is 3.73. The number of thioether (sulfide) groups is 1. The van der Waals surface area contributed by atoms with Crippen LogP contribution in [0.4, 0.5) is 10.5 Å². The predicted molar refractivity (Wildman–Crippen MR) is 103 cm³/mol. The summed E-state index contributed by atoms with van der Waals surface area (Å²) < 4.78 is 2.02. The number of hydrogen-bond acceptors (Lipinski definition) is 3. The standard InChI is InChI=1S/C20H16N2O2S/c1-13-6-5-7-15(10-13)22-19(23)18(25-20(22)24)11-14-12-21(2)17-9-4-3-8-16(14)17/h3-12H,1-2H3/b18-11+. The first-order valence-electron chi connectivity index (χ1n) is 7.93. The summed E-state index contributed by atoms with van der Waals surface area (Å²) in [6, 6.07) is 15.4. The van der Waals surface area contributed by atoms with Crippen molar-refractivity contribution < 1.29 is 9.59 Å². The van der Waals surface area contributed by atoms with Crippen LogP contribution in [0.2, 0.25) is 0 Å². The molecule has 4 nitrogen and oxygen atoms in total. The van der Waals surface area contributed by atoms with Crippen molar-refractivity contribution in [2.75, 3.05) is 4.90 Å². The van der Waals surface area contributed by atoms with E-state index in [4.69, 9.17) is 0 Å². The molecule has 0 aliphatic carbocycles. The number of benzene rings is 2. The number of anilines is 1. The number of rotatable bonds is 2. The highest BCUT2D eigenvalue weighted by molar-refractivity contribution is 8.19. The lowest BCUT2D eigenvalue weighted by Crippen LogP contribution is -2.27. The minimum atomic E-state index is -0.270. The molecule has 1 aromatic heterocycles. The van der Waals surface area contributed by atoms with Gasteiger partial charge in [-0.25, -0.2) is 4.90 Å². The SMILES string of the molecule is Cc1cccc(N2C(=O)S/C(=C/c3cn(C)c4ccccc34)C2=O)c1. The monoisotopic (exact) mass is 348 g/mol. The normalized spacial score (nSPS) is 16.4. The molecule has 2 heterocycles. The van der Waals surface area contributed by atoms with Crippen molar-refractivity contribution in [1.82, 2.24) is 4.57 Å². The highest BCUT2D eigenvalue weighted by atomic mass is 32.2. The van der Waals surface area contributed by atoms with E-state index in [2.05, 4.69) is 0 Å². The molecule has 0 unspecified atom stereocenters. The predicted octanol–water partition coefficient (Wildman–Crippen LogP) is 4.73. The average Bonchev–Trinajstić information content (AvgIpc) is 3.05. The lowest BCUT2D eigenvalue weighted by atomic mass is 10.1. The van der Waals surface area contributed by atoms with Crippen molar-refractivity contribution >= 4 is 45.6 Å². The van der Waals surface area contributed by atoms with Crippen LogP contribution in [0.1, 0.15) is 11.1 Å². The van der Waals surface area contributed by atoms with Gasteiger partial charge in [0.05, 0.1) is 10.6 Å². The van der Waals surface area contributed by atoms with E-state index >= 15 is 0 Å². The van der Waals surface area contributed by atoms with Gasteiger partial charge in [-0.2, -0.15) is 0 Å². The minimum absolute atomic E-state index is 0.262. The largest absolute Gasteiger partial charge is 0.350 e. The van der Waals surface area contributed by atoms with E-state index < -0.39 is 0 Å². The van der Waals surface area contributed by atoms with E-state index in [9.17, 15) is 9.59 Å². The topological polar surface area (TPSA) is 42.3 Å². The highest BCUT2D eigenvalue weighted by Crippen LogP contribution is 2.37. The van der Waals surface area contributed by atoms with E-state index in [1.807, 2.05) is 73.3 Å². The zero-order chi connectivity index (χ0) is 17.6. The van der Waals surface area contributed by atoms with Crippen LogP contribution in [0, 0.1) is 6.92 Å². The number of nitrogens with zero attached hydrogens (tertiary/aromatic N) is 2. The maximum absolute atomic E-state index is 12.8. The summed E-state index contributed by atoms with van der Waals surface area (Å²) in [5.74, 6) is -0.270. The molecule has 25 heavy (non-hydrogen) atoms. The number of aryl methyl sites for hydroxylation is 2. The summed E-state index contributed by atoms with van der Waals surface area (Å²) in [6.45, 7) is 1.94. The lowest BCUT2D eigenvalue weighted by Gasteiger charge is -2.12. The van der Waals surface area contributed by atoms with Crippen LogP contribution in [0.3, 0.4) is 0 Å². The van der Waals surface area contributed by atoms with Gasteiger partial charge in [0.25, 0.3) is 11.1 Å². The fourth-order valence-corrected chi connectivity index (χ4v) is 3.92. The summed E-state index contributed by atoms with van der Waals surface area (Å²) in [5, 5.41) is 0.800. The Morgan fingerprint density at radius 2 is 1.84 bits per heavy atom. The van der Waals surface area contributed by atoms with Gasteiger partial charge in [-0.3, -0.25) is 9.59 Å². The van der Waals surface area contributed by atoms with Gasteiger partial charge in [0.1, 0.15) is 0 Å². The number of amides is 2. The lowest BCUT2D eigenvalue weighted by molar-refractivity contribution is -0.113. The van der Waals surface area contributed by atoms with Crippen molar-refractivity contribution in [3.63, 3.8) is 0 Å². The summed E-state index contributed by atoms with van der Waals surface area (Å²) in [6.07, 6.45) is 3.79. The second kappa shape index (κ2) is 5.93. The Bertz CT molecular complexity index is 1050. The molecule has 3 aromatic rings. The van der Waals surface area contributed by atoms with E-state index in [1.54, 1.807) is 6.07 Å². The average molecular weight is 348 g/mol. The molecule has 4 rings (SSSR count). The molecule has 1 saturated heterocycles. The van der Waals surface area contributed by atoms with Crippen LogP contribution < -0.4 is 4.90 Å². The maximum atomic E-state index is 12.8. The van der Waals surface area contributed by atoms with E-state index in [-0.39, 0.29) is 11.1 Å². The Labute approximate surface area is 149 Å². The van der Waals surface area contributed by atoms with Crippen molar-refractivity contribution in [2.45, 2.75) is 6.92 Å². The maximum Gasteiger partial charge on any atom is 0.298 e. The molecule has 1 aliphatic heterocycles. The third-order valence-corrected chi connectivity index (χ3v) is 5.14. The second-order valence-corrected chi connectivity index (χ2v) is 7.06. The first-order valence-corrected chi connectivity index (χ1v) is 8.75. The fraction of sp³-hybridized carbons (Fsp3) is 0.100. The minimum Gasteiger partial charge on any atom is -0.350 e. The molecule has 0 radical (unpaired) electrons. The van der Waals surface area contributed by atoms with Crippen molar-refractivity contribution in [3.8, 4) is 0 Å². The molecule has 2 amide bonds. The van der Waals surface area contributed by atoms with Gasteiger partial charge in [-0.05, 0) is 48.5 Å². The number of carbonyl (C=O) groups is 2. The quantitative estimate of drug-likeness (QED) is 0.629. The van der Waals surface area contributed by atoms with Gasteiger partial charge in [0.2, 0.25) is 0 Å². The number of aromatic nitrogens is 1. The van der Waals surface area contributed by atoms with Crippen LogP contribution in [0.15, 0.2) is 59.6 Å². The van der Waals surface area contributed by atoms with E-state index in [0.717, 1.165) is 33.8 Å². The fourth-order valence-electron chi connectivity index (χ4n) is 3.09. The van der Waals surface area contributed by atoms with E-state index in [1.165, 1.54) is 4.90 Å². The number of carbonyl (C=O) groups excluding carboxylic acids is 2. The number of imide groups is 1. The van der Waals surface area contributed by atoms with Crippen molar-refractivity contribution in [3.05, 3.63) is 70.8 Å². The summed E-state index contributed by atoms with van der Waals surface area (Å²) in [7, 11) is 1.97. The van der Waals surface area contributed by atoms with Crippen LogP contribution >= 0.6 is 11.8 Å². The van der Waals surface area contributed by atoms with Gasteiger partial charge in [-0.1, -0.05) is 30.3 Å². The summed E-state index contributed by atoms with van der Waals surface area (Å²) >= 11 is 0.984. The Morgan fingerprint density at radius 1 is 1.04 bits per heavy atom.